The van der Waals surface area contributed by atoms with Crippen LogP contribution in [0, 0.1) is 28.2 Å². The number of aromatic nitrogens is 6. The van der Waals surface area contributed by atoms with E-state index in [1.165, 1.54) is 0 Å². The summed E-state index contributed by atoms with van der Waals surface area (Å²) in [4.78, 5) is 58.8. The average Bonchev–Trinajstić information content (AvgIpc) is 4.00. The van der Waals surface area contributed by atoms with Gasteiger partial charge in [0.25, 0.3) is 12.3 Å². The Morgan fingerprint density at radius 2 is 1.68 bits per heavy atom. The molecule has 1 saturated carbocycles. The molecule has 5 aromatic rings. The molecule has 1 aliphatic carbocycles. The summed E-state index contributed by atoms with van der Waals surface area (Å²) in [6.45, 7) is 14.5. The van der Waals surface area contributed by atoms with Gasteiger partial charge in [0.05, 0.1) is 37.0 Å². The predicted molar refractivity (Wildman–Crippen MR) is 274 cm³/mol. The minimum Gasteiger partial charge on any atom is -0.348 e. The summed E-state index contributed by atoms with van der Waals surface area (Å²) in [6.07, 6.45) is 8.61. The van der Waals surface area contributed by atoms with Gasteiger partial charge in [-0.15, -0.1) is 0 Å². The third-order valence-electron chi connectivity index (χ3n) is 15.2. The number of likely N-dealkylation sites (tertiary alicyclic amines) is 1. The number of piperazine rings is 1. The quantitative estimate of drug-likeness (QED) is 0.141. The zero-order valence-corrected chi connectivity index (χ0v) is 46.1. The first-order valence-corrected chi connectivity index (χ1v) is 25.5. The number of carbonyl (C=O) groups is 3. The number of amides is 4. The van der Waals surface area contributed by atoms with E-state index in [0.717, 1.165) is 54.6 Å². The number of nitriles is 1. The van der Waals surface area contributed by atoms with E-state index in [1.807, 2.05) is 17.0 Å². The van der Waals surface area contributed by atoms with Gasteiger partial charge in [-0.25, -0.2) is 23.5 Å². The number of carbonyl (C=O) groups excluding carboxylic acids is 3. The molecule has 3 aromatic heterocycles. The molecule has 0 bridgehead atoms. The first kappa shape index (κ1) is 54.3. The number of alkyl halides is 2. The number of piperidine rings is 1. The average molecular weight is 1210 g/mol. The number of rotatable bonds is 9. The van der Waals surface area contributed by atoms with Gasteiger partial charge in [0, 0.05) is 126 Å². The van der Waals surface area contributed by atoms with Gasteiger partial charge in [-0.1, -0.05) is 32.7 Å². The van der Waals surface area contributed by atoms with Crippen molar-refractivity contribution in [3.8, 4) is 17.2 Å². The zero-order valence-electron chi connectivity index (χ0n) is 42.8. The number of anilines is 3. The first-order chi connectivity index (χ1) is 34.9. The van der Waals surface area contributed by atoms with Crippen LogP contribution >= 0.6 is 11.6 Å². The number of urea groups is 1. The summed E-state index contributed by atoms with van der Waals surface area (Å²) in [5, 5.41) is 24.3. The molecule has 2 saturated heterocycles. The molecule has 3 fully saturated rings. The van der Waals surface area contributed by atoms with Crippen molar-refractivity contribution in [2.45, 2.75) is 91.3 Å². The van der Waals surface area contributed by atoms with E-state index in [4.69, 9.17) is 22.0 Å². The van der Waals surface area contributed by atoms with Crippen LogP contribution in [0.4, 0.5) is 31.0 Å². The molecule has 2 N–H and O–H groups in total. The Labute approximate surface area is 449 Å². The summed E-state index contributed by atoms with van der Waals surface area (Å²) >= 11 is 5.57. The third-order valence-corrected chi connectivity index (χ3v) is 15.5. The SMILES string of the molecule is CNC(=O)N1CCc2c(c(N3CCCc4cc(-c5cnn(C)c5)c(C(F)F)cc43)nn2C2CCN(C(=O)CN3CCN(c4ncc(C(=O)NC5C(C)(C)CC5(C)C)cn4)CC3)CC2)C1.N#Cc1cc[c-]cc1Cl.[Os+]. The van der Waals surface area contributed by atoms with Crippen molar-refractivity contribution in [1.82, 2.24) is 54.9 Å². The van der Waals surface area contributed by atoms with E-state index in [-0.39, 0.29) is 66.1 Å². The molecule has 10 rings (SSSR count). The van der Waals surface area contributed by atoms with Crippen molar-refractivity contribution in [3.63, 3.8) is 0 Å². The first-order valence-electron chi connectivity index (χ1n) is 25.2. The van der Waals surface area contributed by atoms with Crippen molar-refractivity contribution in [2.75, 3.05) is 75.8 Å². The van der Waals surface area contributed by atoms with Gasteiger partial charge in [-0.05, 0) is 71.8 Å². The van der Waals surface area contributed by atoms with Gasteiger partial charge >= 0.3 is 25.8 Å². The van der Waals surface area contributed by atoms with Crippen molar-refractivity contribution in [2.24, 2.45) is 17.9 Å². The van der Waals surface area contributed by atoms with Gasteiger partial charge in [-0.2, -0.15) is 51.3 Å². The van der Waals surface area contributed by atoms with Crippen LogP contribution in [-0.2, 0) is 51.0 Å². The number of nitrogens with zero attached hydrogens (tertiary/aromatic N) is 12. The largest absolute Gasteiger partial charge is 1.00 e. The minimum atomic E-state index is -2.69. The van der Waals surface area contributed by atoms with E-state index < -0.39 is 6.43 Å². The minimum absolute atomic E-state index is 0. The summed E-state index contributed by atoms with van der Waals surface area (Å²) in [5.41, 5.74) is 5.85. The summed E-state index contributed by atoms with van der Waals surface area (Å²) < 4.78 is 33.2. The molecule has 7 heterocycles. The molecular formula is C53H64ClF2N14O3Os. The van der Waals surface area contributed by atoms with Crippen molar-refractivity contribution < 1.29 is 43.0 Å². The molecule has 393 valence electrons. The molecule has 4 amide bonds. The van der Waals surface area contributed by atoms with Crippen LogP contribution in [0.2, 0.25) is 5.02 Å². The van der Waals surface area contributed by atoms with Crippen molar-refractivity contribution in [1.29, 1.82) is 5.26 Å². The van der Waals surface area contributed by atoms with Crippen LogP contribution in [-0.4, -0.2) is 134 Å². The van der Waals surface area contributed by atoms with E-state index in [0.29, 0.717) is 111 Å². The van der Waals surface area contributed by atoms with Gasteiger partial charge in [-0.3, -0.25) is 23.9 Å². The number of hydrogen-bond acceptors (Lipinski definition) is 11. The van der Waals surface area contributed by atoms with E-state index in [1.54, 1.807) is 72.7 Å². The standard InChI is InChI=1S/C46H61F2N13O3.C7H3ClN.Os/c1-45(2)28-46(3,4)42(45)53-41(63)30-22-50-43(51-23-30)58-18-16-56(17-19-58)27-38(62)57-13-9-32(10-14-57)61-36-11-15-59(44(64)49-5)26-35(36)40(54-61)60-12-7-8-29-20-33(31-24-52-55(6)25-31)34(39(47)48)21-37(29)60;8-7-4-2-1-3-6(7)5-9;/h20-25,32,39,42H,7-19,26-28H2,1-6H3,(H,49,64)(H,53,63);1,3-4H;/q;-1;+1. The fourth-order valence-corrected chi connectivity index (χ4v) is 12.1. The maximum absolute atomic E-state index is 14.8. The van der Waals surface area contributed by atoms with Gasteiger partial charge in [0.1, 0.15) is 0 Å². The molecule has 4 aliphatic heterocycles. The number of benzene rings is 2. The molecule has 74 heavy (non-hydrogen) atoms. The Hall–Kier alpha value is -6.01. The fraction of sp³-hybridized carbons (Fsp3) is 0.509. The molecule has 5 aliphatic rings. The molecule has 21 heteroatoms. The zero-order chi connectivity index (χ0) is 51.8. The number of fused-ring (bicyclic) bond motifs is 2. The van der Waals surface area contributed by atoms with Gasteiger partial charge in [0.15, 0.2) is 5.82 Å². The second kappa shape index (κ2) is 22.4. The molecular weight excluding hydrogens is 1140 g/mol. The molecule has 17 nitrogen and oxygen atoms in total. The third kappa shape index (κ3) is 11.3. The summed E-state index contributed by atoms with van der Waals surface area (Å²) in [7, 11) is 3.40. The van der Waals surface area contributed by atoms with Crippen LogP contribution in [0.3, 0.4) is 0 Å². The van der Waals surface area contributed by atoms with E-state index in [9.17, 15) is 23.2 Å². The smallest absolute Gasteiger partial charge is 0.348 e. The Morgan fingerprint density at radius 3 is 2.28 bits per heavy atom. The second-order valence-corrected chi connectivity index (χ2v) is 21.6. The number of halogens is 3. The van der Waals surface area contributed by atoms with Crippen molar-refractivity contribution in [3.05, 3.63) is 99.7 Å². The molecule has 0 unspecified atom stereocenters. The normalized spacial score (nSPS) is 18.5. The van der Waals surface area contributed by atoms with Crippen LogP contribution in [0.1, 0.15) is 104 Å². The van der Waals surface area contributed by atoms with Gasteiger partial charge < -0.3 is 30.2 Å². The van der Waals surface area contributed by atoms with Crippen LogP contribution in [0.5, 0.6) is 0 Å². The fourth-order valence-electron chi connectivity index (χ4n) is 11.9. The Kier molecular flexibility index (Phi) is 16.5. The maximum atomic E-state index is 14.8. The Bertz CT molecular complexity index is 2870. The Balaban J connectivity index is 0.000000660. The summed E-state index contributed by atoms with van der Waals surface area (Å²) in [6, 6.07) is 13.0. The van der Waals surface area contributed by atoms with E-state index >= 15 is 0 Å². The maximum Gasteiger partial charge on any atom is 1.00 e. The molecule has 1 radical (unpaired) electrons. The Morgan fingerprint density at radius 1 is 0.959 bits per heavy atom. The number of aryl methyl sites for hydroxylation is 2. The van der Waals surface area contributed by atoms with Gasteiger partial charge in [0.2, 0.25) is 11.9 Å². The predicted octanol–water partition coefficient (Wildman–Crippen LogP) is 7.34. The molecule has 0 atom stereocenters. The van der Waals surface area contributed by atoms with Crippen LogP contribution < -0.4 is 20.4 Å². The number of nitrogens with one attached hydrogen (secondary N) is 2. The topological polar surface area (TPSA) is 177 Å². The van der Waals surface area contributed by atoms with Crippen molar-refractivity contribution >= 4 is 46.9 Å². The van der Waals surface area contributed by atoms with E-state index in [2.05, 4.69) is 78.8 Å². The monoisotopic (exact) mass is 1210 g/mol. The molecule has 2 aromatic carbocycles. The number of hydrogen-bond donors (Lipinski definition) is 2. The second-order valence-electron chi connectivity index (χ2n) is 21.2. The molecule has 0 spiro atoms. The van der Waals surface area contributed by atoms with Crippen LogP contribution in [0.25, 0.3) is 11.1 Å². The summed E-state index contributed by atoms with van der Waals surface area (Å²) in [5.74, 6) is 1.24. The van der Waals surface area contributed by atoms with Crippen LogP contribution in [0.15, 0.2) is 55.1 Å².